The van der Waals surface area contributed by atoms with Gasteiger partial charge in [-0.25, -0.2) is 0 Å². The first-order valence-corrected chi connectivity index (χ1v) is 6.49. The molecule has 0 saturated heterocycles. The van der Waals surface area contributed by atoms with Gasteiger partial charge in [-0.3, -0.25) is 0 Å². The fourth-order valence-corrected chi connectivity index (χ4v) is 2.36. The van der Waals surface area contributed by atoms with Crippen LogP contribution in [0.5, 0.6) is 0 Å². The summed E-state index contributed by atoms with van der Waals surface area (Å²) in [5.74, 6) is 0.865. The molecule has 1 N–H and O–H groups in total. The Morgan fingerprint density at radius 2 is 2.06 bits per heavy atom. The van der Waals surface area contributed by atoms with Gasteiger partial charge >= 0.3 is 0 Å². The highest BCUT2D eigenvalue weighted by molar-refractivity contribution is 9.10. The van der Waals surface area contributed by atoms with E-state index in [4.69, 9.17) is 4.42 Å². The zero-order valence-corrected chi connectivity index (χ0v) is 11.3. The lowest BCUT2D eigenvalue weighted by atomic mass is 10.0. The van der Waals surface area contributed by atoms with Crippen LogP contribution in [0.15, 0.2) is 45.5 Å². The monoisotopic (exact) mass is 294 g/mol. The Morgan fingerprint density at radius 3 is 2.76 bits per heavy atom. The normalized spacial score (nSPS) is 12.6. The van der Waals surface area contributed by atoms with E-state index >= 15 is 0 Å². The molecular formula is C14H15BrO2. The van der Waals surface area contributed by atoms with Gasteiger partial charge in [-0.2, -0.15) is 0 Å². The zero-order valence-electron chi connectivity index (χ0n) is 9.69. The minimum atomic E-state index is -0.512. The number of aryl methyl sites for hydroxylation is 1. The molecule has 1 heterocycles. The van der Waals surface area contributed by atoms with E-state index in [1.165, 1.54) is 0 Å². The number of benzene rings is 1. The van der Waals surface area contributed by atoms with Gasteiger partial charge in [-0.05, 0) is 17.7 Å². The van der Waals surface area contributed by atoms with E-state index in [0.717, 1.165) is 27.8 Å². The highest BCUT2D eigenvalue weighted by Crippen LogP contribution is 2.26. The molecular weight excluding hydrogens is 280 g/mol. The molecule has 0 spiro atoms. The summed E-state index contributed by atoms with van der Waals surface area (Å²) in [5.41, 5.74) is 1.99. The molecule has 17 heavy (non-hydrogen) atoms. The molecule has 3 heteroatoms. The fourth-order valence-electron chi connectivity index (χ4n) is 1.92. The number of hydrogen-bond donors (Lipinski definition) is 1. The highest BCUT2D eigenvalue weighted by Gasteiger charge is 2.15. The Kier molecular flexibility index (Phi) is 4.02. The van der Waals surface area contributed by atoms with Crippen LogP contribution in [-0.2, 0) is 12.8 Å². The summed E-state index contributed by atoms with van der Waals surface area (Å²) in [6.45, 7) is 2.02. The van der Waals surface area contributed by atoms with Gasteiger partial charge in [0.2, 0.25) is 0 Å². The van der Waals surface area contributed by atoms with Crippen molar-refractivity contribution in [1.29, 1.82) is 0 Å². The molecule has 1 aromatic heterocycles. The number of rotatable bonds is 4. The standard InChI is InChI=1S/C14H15BrO2/c1-2-14-11(7-8-17-14)13(16)9-10-5-3-4-6-12(10)15/h3-8,13,16H,2,9H2,1H3. The van der Waals surface area contributed by atoms with E-state index in [-0.39, 0.29) is 0 Å². The minimum Gasteiger partial charge on any atom is -0.469 e. The van der Waals surface area contributed by atoms with Gasteiger partial charge in [0.15, 0.2) is 0 Å². The molecule has 0 amide bonds. The smallest absolute Gasteiger partial charge is 0.109 e. The first-order chi connectivity index (χ1) is 8.22. The van der Waals surface area contributed by atoms with Crippen molar-refractivity contribution in [3.05, 3.63) is 58.0 Å². The molecule has 1 atom stereocenters. The Morgan fingerprint density at radius 1 is 1.29 bits per heavy atom. The van der Waals surface area contributed by atoms with Crippen LogP contribution in [0.25, 0.3) is 0 Å². The SMILES string of the molecule is CCc1occc1C(O)Cc1ccccc1Br. The number of aliphatic hydroxyl groups excluding tert-OH is 1. The van der Waals surface area contributed by atoms with E-state index in [2.05, 4.69) is 15.9 Å². The lowest BCUT2D eigenvalue weighted by Gasteiger charge is -2.11. The van der Waals surface area contributed by atoms with Crippen molar-refractivity contribution in [3.63, 3.8) is 0 Å². The minimum absolute atomic E-state index is 0.512. The van der Waals surface area contributed by atoms with Gasteiger partial charge in [-0.15, -0.1) is 0 Å². The van der Waals surface area contributed by atoms with Gasteiger partial charge < -0.3 is 9.52 Å². The summed E-state index contributed by atoms with van der Waals surface area (Å²) in [6, 6.07) is 9.79. The number of aliphatic hydroxyl groups is 1. The van der Waals surface area contributed by atoms with Crippen LogP contribution in [-0.4, -0.2) is 5.11 Å². The molecule has 1 unspecified atom stereocenters. The molecule has 0 radical (unpaired) electrons. The van der Waals surface area contributed by atoms with Crippen LogP contribution in [0, 0.1) is 0 Å². The molecule has 2 rings (SSSR count). The van der Waals surface area contributed by atoms with Crippen LogP contribution in [0.2, 0.25) is 0 Å². The summed E-state index contributed by atoms with van der Waals surface area (Å²) < 4.78 is 6.36. The van der Waals surface area contributed by atoms with Gasteiger partial charge in [0.1, 0.15) is 5.76 Å². The van der Waals surface area contributed by atoms with Crippen molar-refractivity contribution in [2.24, 2.45) is 0 Å². The molecule has 0 saturated carbocycles. The summed E-state index contributed by atoms with van der Waals surface area (Å²) >= 11 is 3.49. The van der Waals surface area contributed by atoms with E-state index in [1.807, 2.05) is 37.3 Å². The van der Waals surface area contributed by atoms with Crippen LogP contribution >= 0.6 is 15.9 Å². The van der Waals surface area contributed by atoms with Gasteiger partial charge in [0.25, 0.3) is 0 Å². The molecule has 0 aliphatic carbocycles. The second kappa shape index (κ2) is 5.52. The second-order valence-electron chi connectivity index (χ2n) is 3.96. The molecule has 2 aromatic rings. The average molecular weight is 295 g/mol. The van der Waals surface area contributed by atoms with Crippen LogP contribution in [0.4, 0.5) is 0 Å². The molecule has 0 aliphatic heterocycles. The van der Waals surface area contributed by atoms with Gasteiger partial charge in [0.05, 0.1) is 12.4 Å². The highest BCUT2D eigenvalue weighted by atomic mass is 79.9. The van der Waals surface area contributed by atoms with Crippen molar-refractivity contribution in [2.75, 3.05) is 0 Å². The van der Waals surface area contributed by atoms with Crippen molar-refractivity contribution in [3.8, 4) is 0 Å². The maximum absolute atomic E-state index is 10.2. The zero-order chi connectivity index (χ0) is 12.3. The third-order valence-corrected chi connectivity index (χ3v) is 3.60. The van der Waals surface area contributed by atoms with Crippen LogP contribution in [0.3, 0.4) is 0 Å². The first kappa shape index (κ1) is 12.4. The molecule has 0 bridgehead atoms. The van der Waals surface area contributed by atoms with Crippen LogP contribution in [0.1, 0.15) is 29.9 Å². The summed E-state index contributed by atoms with van der Waals surface area (Å²) in [5, 5.41) is 10.2. The lowest BCUT2D eigenvalue weighted by molar-refractivity contribution is 0.175. The summed E-state index contributed by atoms with van der Waals surface area (Å²) in [4.78, 5) is 0. The largest absolute Gasteiger partial charge is 0.469 e. The third-order valence-electron chi connectivity index (χ3n) is 2.83. The average Bonchev–Trinajstić information content (AvgIpc) is 2.80. The van der Waals surface area contributed by atoms with Crippen molar-refractivity contribution >= 4 is 15.9 Å². The third kappa shape index (κ3) is 2.79. The molecule has 2 nitrogen and oxygen atoms in total. The Labute approximate surface area is 109 Å². The maximum atomic E-state index is 10.2. The summed E-state index contributed by atoms with van der Waals surface area (Å²) in [7, 11) is 0. The van der Waals surface area contributed by atoms with E-state index in [9.17, 15) is 5.11 Å². The lowest BCUT2D eigenvalue weighted by Crippen LogP contribution is -2.03. The maximum Gasteiger partial charge on any atom is 0.109 e. The van der Waals surface area contributed by atoms with Gasteiger partial charge in [0, 0.05) is 22.9 Å². The molecule has 0 fully saturated rings. The fraction of sp³-hybridized carbons (Fsp3) is 0.286. The first-order valence-electron chi connectivity index (χ1n) is 5.70. The molecule has 90 valence electrons. The van der Waals surface area contributed by atoms with Crippen molar-refractivity contribution in [1.82, 2.24) is 0 Å². The summed E-state index contributed by atoms with van der Waals surface area (Å²) in [6.07, 6.45) is 2.52. The number of furan rings is 1. The molecule has 0 aliphatic rings. The van der Waals surface area contributed by atoms with Gasteiger partial charge in [-0.1, -0.05) is 41.1 Å². The van der Waals surface area contributed by atoms with E-state index in [0.29, 0.717) is 6.42 Å². The van der Waals surface area contributed by atoms with Crippen molar-refractivity contribution < 1.29 is 9.52 Å². The number of halogens is 1. The Bertz CT molecular complexity index is 490. The van der Waals surface area contributed by atoms with E-state index in [1.54, 1.807) is 6.26 Å². The topological polar surface area (TPSA) is 33.4 Å². The Balaban J connectivity index is 2.17. The number of hydrogen-bond acceptors (Lipinski definition) is 2. The predicted molar refractivity (Wildman–Crippen MR) is 70.9 cm³/mol. The van der Waals surface area contributed by atoms with E-state index < -0.39 is 6.10 Å². The van der Waals surface area contributed by atoms with Crippen LogP contribution < -0.4 is 0 Å². The predicted octanol–water partition coefficient (Wildman–Crippen LogP) is 3.88. The Hall–Kier alpha value is -1.06. The second-order valence-corrected chi connectivity index (χ2v) is 4.82. The van der Waals surface area contributed by atoms with Crippen molar-refractivity contribution in [2.45, 2.75) is 25.9 Å². The quantitative estimate of drug-likeness (QED) is 0.928. The molecule has 1 aromatic carbocycles.